The minimum atomic E-state index is 0.873. The van der Waals surface area contributed by atoms with Crippen molar-refractivity contribution in [2.45, 2.75) is 70.6 Å². The predicted octanol–water partition coefficient (Wildman–Crippen LogP) is 5.65. The summed E-state index contributed by atoms with van der Waals surface area (Å²) in [6.45, 7) is 0. The van der Waals surface area contributed by atoms with Gasteiger partial charge in [-0.15, -0.1) is 0 Å². The first-order valence-electron chi connectivity index (χ1n) is 7.78. The molecule has 0 radical (unpaired) electrons. The van der Waals surface area contributed by atoms with Gasteiger partial charge < -0.3 is 0 Å². The third-order valence-corrected chi connectivity index (χ3v) is 4.39. The van der Waals surface area contributed by atoms with E-state index in [-0.39, 0.29) is 0 Å². The number of hydrogen-bond donors (Lipinski definition) is 0. The number of hydrogen-bond acceptors (Lipinski definition) is 0. The molecule has 0 heteroatoms. The van der Waals surface area contributed by atoms with Gasteiger partial charge in [0.25, 0.3) is 0 Å². The Balaban J connectivity index is 2.03. The molecule has 3 aliphatic rings. The summed E-state index contributed by atoms with van der Waals surface area (Å²) in [5, 5.41) is 0. The van der Waals surface area contributed by atoms with Crippen LogP contribution in [0.15, 0.2) is 24.3 Å². The van der Waals surface area contributed by atoms with Gasteiger partial charge in [-0.3, -0.25) is 0 Å². The molecule has 0 nitrogen and oxygen atoms in total. The van der Waals surface area contributed by atoms with E-state index in [1.807, 2.05) is 0 Å². The van der Waals surface area contributed by atoms with Gasteiger partial charge in [0, 0.05) is 0 Å². The molecule has 1 saturated carbocycles. The Morgan fingerprint density at radius 2 is 0.941 bits per heavy atom. The second-order valence-corrected chi connectivity index (χ2v) is 5.89. The molecule has 2 bridgehead atoms. The Labute approximate surface area is 107 Å². The normalized spacial score (nSPS) is 32.0. The van der Waals surface area contributed by atoms with Gasteiger partial charge >= 0.3 is 0 Å². The maximum atomic E-state index is 2.50. The Morgan fingerprint density at radius 3 is 1.35 bits per heavy atom. The van der Waals surface area contributed by atoms with Crippen LogP contribution >= 0.6 is 0 Å². The second kappa shape index (κ2) is 7.74. The van der Waals surface area contributed by atoms with Crippen LogP contribution in [0.5, 0.6) is 0 Å². The van der Waals surface area contributed by atoms with Gasteiger partial charge in [0.05, 0.1) is 0 Å². The maximum Gasteiger partial charge on any atom is -0.0169 e. The number of allylic oxidation sites excluding steroid dienone is 4. The SMILES string of the molecule is C1=CC2CCCCCC(C=CC1)CCCCC2. The zero-order valence-electron chi connectivity index (χ0n) is 11.2. The average Bonchev–Trinajstić information content (AvgIpc) is 2.29. The quantitative estimate of drug-likeness (QED) is 0.473. The molecule has 0 aromatic rings. The van der Waals surface area contributed by atoms with Crippen LogP contribution in [-0.2, 0) is 0 Å². The van der Waals surface area contributed by atoms with Gasteiger partial charge in [0.15, 0.2) is 0 Å². The summed E-state index contributed by atoms with van der Waals surface area (Å²) in [5.41, 5.74) is 0. The van der Waals surface area contributed by atoms with Crippen molar-refractivity contribution in [1.82, 2.24) is 0 Å². The molecule has 96 valence electrons. The summed E-state index contributed by atoms with van der Waals surface area (Å²) >= 11 is 0. The third-order valence-electron chi connectivity index (χ3n) is 4.39. The van der Waals surface area contributed by atoms with Crippen molar-refractivity contribution < 1.29 is 0 Å². The minimum Gasteiger partial charge on any atom is -0.0851 e. The molecular weight excluding hydrogens is 204 g/mol. The Kier molecular flexibility index (Phi) is 5.88. The molecule has 1 fully saturated rings. The molecule has 3 aliphatic carbocycles. The van der Waals surface area contributed by atoms with Crippen molar-refractivity contribution in [3.63, 3.8) is 0 Å². The average molecular weight is 232 g/mol. The van der Waals surface area contributed by atoms with Gasteiger partial charge in [-0.1, -0.05) is 62.8 Å². The van der Waals surface area contributed by atoms with Crippen LogP contribution in [0, 0.1) is 11.8 Å². The zero-order chi connectivity index (χ0) is 11.8. The molecule has 0 atom stereocenters. The summed E-state index contributed by atoms with van der Waals surface area (Å²) in [6.07, 6.45) is 25.4. The highest BCUT2D eigenvalue weighted by Crippen LogP contribution is 2.25. The van der Waals surface area contributed by atoms with Crippen LogP contribution in [0.1, 0.15) is 70.6 Å². The Hall–Kier alpha value is -0.520. The molecule has 17 heavy (non-hydrogen) atoms. The van der Waals surface area contributed by atoms with E-state index in [4.69, 9.17) is 0 Å². The van der Waals surface area contributed by atoms with Crippen molar-refractivity contribution in [2.75, 3.05) is 0 Å². The van der Waals surface area contributed by atoms with E-state index < -0.39 is 0 Å². The summed E-state index contributed by atoms with van der Waals surface area (Å²) in [4.78, 5) is 0. The predicted molar refractivity (Wildman–Crippen MR) is 76.0 cm³/mol. The monoisotopic (exact) mass is 232 g/mol. The lowest BCUT2D eigenvalue weighted by atomic mass is 9.88. The zero-order valence-corrected chi connectivity index (χ0v) is 11.2. The van der Waals surface area contributed by atoms with Gasteiger partial charge in [-0.05, 0) is 43.9 Å². The molecule has 0 heterocycles. The third kappa shape index (κ3) is 5.10. The van der Waals surface area contributed by atoms with Crippen LogP contribution in [0.3, 0.4) is 0 Å². The maximum absolute atomic E-state index is 2.50. The molecule has 0 N–H and O–H groups in total. The van der Waals surface area contributed by atoms with E-state index in [2.05, 4.69) is 24.3 Å². The number of fused-ring (bicyclic) bond motifs is 10. The number of rotatable bonds is 0. The van der Waals surface area contributed by atoms with Crippen molar-refractivity contribution in [2.24, 2.45) is 11.8 Å². The molecule has 0 aliphatic heterocycles. The van der Waals surface area contributed by atoms with Crippen molar-refractivity contribution in [1.29, 1.82) is 0 Å². The van der Waals surface area contributed by atoms with Gasteiger partial charge in [-0.2, -0.15) is 0 Å². The first-order valence-corrected chi connectivity index (χ1v) is 7.78. The first-order chi connectivity index (χ1) is 8.45. The Bertz CT molecular complexity index is 211. The summed E-state index contributed by atoms with van der Waals surface area (Å²) < 4.78 is 0. The lowest BCUT2D eigenvalue weighted by Crippen LogP contribution is -2.02. The topological polar surface area (TPSA) is 0 Å². The Morgan fingerprint density at radius 1 is 0.529 bits per heavy atom. The fourth-order valence-corrected chi connectivity index (χ4v) is 3.27. The lowest BCUT2D eigenvalue weighted by molar-refractivity contribution is 0.418. The van der Waals surface area contributed by atoms with Crippen LogP contribution in [0.4, 0.5) is 0 Å². The molecule has 0 aromatic heterocycles. The van der Waals surface area contributed by atoms with Crippen molar-refractivity contribution in [3.05, 3.63) is 24.3 Å². The standard InChI is InChI=1S/C17H28/c1-4-10-16-12-6-2-7-13-17(11-5-1)15-9-3-8-14-16/h4-5,10-11,16-17H,1-3,6-9,12-15H2. The molecular formula is C17H28. The second-order valence-electron chi connectivity index (χ2n) is 5.89. The van der Waals surface area contributed by atoms with Crippen LogP contribution in [0.25, 0.3) is 0 Å². The van der Waals surface area contributed by atoms with E-state index in [9.17, 15) is 0 Å². The summed E-state index contributed by atoms with van der Waals surface area (Å²) in [6, 6.07) is 0. The summed E-state index contributed by atoms with van der Waals surface area (Å²) in [5.74, 6) is 1.75. The highest BCUT2D eigenvalue weighted by Gasteiger charge is 2.10. The van der Waals surface area contributed by atoms with E-state index in [1.54, 1.807) is 0 Å². The van der Waals surface area contributed by atoms with Gasteiger partial charge in [0.1, 0.15) is 0 Å². The lowest BCUT2D eigenvalue weighted by Gasteiger charge is -2.18. The first kappa shape index (κ1) is 12.9. The highest BCUT2D eigenvalue weighted by atomic mass is 14.2. The molecule has 0 spiro atoms. The van der Waals surface area contributed by atoms with Crippen LogP contribution in [-0.4, -0.2) is 0 Å². The molecule has 0 aromatic carbocycles. The molecule has 0 amide bonds. The van der Waals surface area contributed by atoms with Crippen molar-refractivity contribution >= 4 is 0 Å². The van der Waals surface area contributed by atoms with Crippen LogP contribution < -0.4 is 0 Å². The van der Waals surface area contributed by atoms with Gasteiger partial charge in [-0.25, -0.2) is 0 Å². The van der Waals surface area contributed by atoms with E-state index in [0.717, 1.165) is 18.3 Å². The highest BCUT2D eigenvalue weighted by molar-refractivity contribution is 4.98. The van der Waals surface area contributed by atoms with Gasteiger partial charge in [0.2, 0.25) is 0 Å². The minimum absolute atomic E-state index is 0.873. The van der Waals surface area contributed by atoms with Crippen molar-refractivity contribution in [3.8, 4) is 0 Å². The molecule has 0 saturated heterocycles. The molecule has 0 unspecified atom stereocenters. The summed E-state index contributed by atoms with van der Waals surface area (Å²) in [7, 11) is 0. The largest absolute Gasteiger partial charge is 0.0851 e. The van der Waals surface area contributed by atoms with Crippen LogP contribution in [0.2, 0.25) is 0 Å². The molecule has 3 rings (SSSR count). The van der Waals surface area contributed by atoms with E-state index >= 15 is 0 Å². The fourth-order valence-electron chi connectivity index (χ4n) is 3.27. The smallest absolute Gasteiger partial charge is 0.0169 e. The fraction of sp³-hybridized carbons (Fsp3) is 0.765. The van der Waals surface area contributed by atoms with E-state index in [0.29, 0.717) is 0 Å². The van der Waals surface area contributed by atoms with E-state index in [1.165, 1.54) is 64.2 Å².